The van der Waals surface area contributed by atoms with Gasteiger partial charge in [-0.15, -0.1) is 0 Å². The van der Waals surface area contributed by atoms with Crippen LogP contribution in [0.3, 0.4) is 0 Å². The monoisotopic (exact) mass is 293 g/mol. The lowest BCUT2D eigenvalue weighted by Gasteiger charge is -2.17. The smallest absolute Gasteiger partial charge is 0.316 e. The van der Waals surface area contributed by atoms with Gasteiger partial charge >= 0.3 is 6.01 Å². The molecule has 0 bridgehead atoms. The molecule has 0 radical (unpaired) electrons. The molecule has 0 aliphatic heterocycles. The van der Waals surface area contributed by atoms with Crippen molar-refractivity contribution >= 4 is 22.6 Å². The number of aromatic nitrogens is 2. The Balaban J connectivity index is 2.51. The molecule has 72 valence electrons. The van der Waals surface area contributed by atoms with Crippen LogP contribution in [0.1, 0.15) is 13.8 Å². The maximum absolute atomic E-state index is 5.73. The van der Waals surface area contributed by atoms with Crippen LogP contribution in [0.2, 0.25) is 0 Å². The summed E-state index contributed by atoms with van der Waals surface area (Å²) in [6.45, 7) is 4.19. The molecular formula is C8H12IN3O. The van der Waals surface area contributed by atoms with E-state index in [1.165, 1.54) is 0 Å². The van der Waals surface area contributed by atoms with Gasteiger partial charge in [0.15, 0.2) is 0 Å². The van der Waals surface area contributed by atoms with Crippen LogP contribution in [0.5, 0.6) is 6.01 Å². The average Bonchev–Trinajstić information content (AvgIpc) is 2.02. The van der Waals surface area contributed by atoms with E-state index in [2.05, 4.69) is 32.6 Å². The number of halogens is 1. The standard InChI is InChI=1S/C8H12IN3O/c1-8(2,10)5-13-7-11-3-6(9)4-12-7/h3-4H,5,10H2,1-2H3. The van der Waals surface area contributed by atoms with Gasteiger partial charge in [-0.1, -0.05) is 0 Å². The van der Waals surface area contributed by atoms with Crippen molar-refractivity contribution in [2.75, 3.05) is 6.61 Å². The molecule has 1 aromatic heterocycles. The van der Waals surface area contributed by atoms with Gasteiger partial charge in [0.05, 0.1) is 0 Å². The molecule has 0 spiro atoms. The van der Waals surface area contributed by atoms with Crippen molar-refractivity contribution in [2.24, 2.45) is 5.73 Å². The number of rotatable bonds is 3. The van der Waals surface area contributed by atoms with E-state index in [-0.39, 0.29) is 5.54 Å². The van der Waals surface area contributed by atoms with Gasteiger partial charge in [-0.3, -0.25) is 0 Å². The van der Waals surface area contributed by atoms with Crippen LogP contribution in [0.4, 0.5) is 0 Å². The normalized spacial score (nSPS) is 11.4. The van der Waals surface area contributed by atoms with Crippen LogP contribution in [0, 0.1) is 3.57 Å². The fourth-order valence-corrected chi connectivity index (χ4v) is 0.904. The molecule has 0 unspecified atom stereocenters. The fourth-order valence-electron chi connectivity index (χ4n) is 0.626. The summed E-state index contributed by atoms with van der Waals surface area (Å²) in [7, 11) is 0. The molecule has 0 aliphatic carbocycles. The molecule has 13 heavy (non-hydrogen) atoms. The minimum Gasteiger partial charge on any atom is -0.462 e. The van der Waals surface area contributed by atoms with E-state index in [0.29, 0.717) is 12.6 Å². The summed E-state index contributed by atoms with van der Waals surface area (Å²) >= 11 is 2.14. The topological polar surface area (TPSA) is 61.0 Å². The molecule has 1 heterocycles. The summed E-state index contributed by atoms with van der Waals surface area (Å²) in [5.74, 6) is 0. The Morgan fingerprint density at radius 1 is 1.46 bits per heavy atom. The highest BCUT2D eigenvalue weighted by Gasteiger charge is 2.12. The first kappa shape index (κ1) is 10.6. The molecule has 0 aromatic carbocycles. The molecule has 0 saturated heterocycles. The van der Waals surface area contributed by atoms with Crippen LogP contribution >= 0.6 is 22.6 Å². The average molecular weight is 293 g/mol. The Morgan fingerprint density at radius 2 is 2.00 bits per heavy atom. The molecule has 0 atom stereocenters. The van der Waals surface area contributed by atoms with Gasteiger partial charge in [0.1, 0.15) is 6.61 Å². The lowest BCUT2D eigenvalue weighted by atomic mass is 10.1. The number of nitrogens with zero attached hydrogens (tertiary/aromatic N) is 2. The fraction of sp³-hybridized carbons (Fsp3) is 0.500. The van der Waals surface area contributed by atoms with Crippen molar-refractivity contribution in [1.82, 2.24) is 9.97 Å². The highest BCUT2D eigenvalue weighted by Crippen LogP contribution is 2.06. The molecule has 5 heteroatoms. The maximum Gasteiger partial charge on any atom is 0.316 e. The van der Waals surface area contributed by atoms with Crippen LogP contribution in [-0.4, -0.2) is 22.1 Å². The molecule has 4 nitrogen and oxygen atoms in total. The van der Waals surface area contributed by atoms with E-state index in [0.717, 1.165) is 3.57 Å². The third-order valence-electron chi connectivity index (χ3n) is 1.17. The van der Waals surface area contributed by atoms with E-state index in [9.17, 15) is 0 Å². The third kappa shape index (κ3) is 4.37. The van der Waals surface area contributed by atoms with Gasteiger partial charge in [-0.2, -0.15) is 0 Å². The molecule has 1 aromatic rings. The summed E-state index contributed by atoms with van der Waals surface area (Å²) in [4.78, 5) is 7.97. The van der Waals surface area contributed by atoms with E-state index in [1.54, 1.807) is 12.4 Å². The zero-order chi connectivity index (χ0) is 9.90. The van der Waals surface area contributed by atoms with E-state index in [1.807, 2.05) is 13.8 Å². The van der Waals surface area contributed by atoms with Gasteiger partial charge in [-0.25, -0.2) is 9.97 Å². The van der Waals surface area contributed by atoms with Crippen LogP contribution < -0.4 is 10.5 Å². The van der Waals surface area contributed by atoms with Crippen molar-refractivity contribution in [3.63, 3.8) is 0 Å². The largest absolute Gasteiger partial charge is 0.462 e. The molecule has 1 rings (SSSR count). The van der Waals surface area contributed by atoms with E-state index in [4.69, 9.17) is 10.5 Å². The van der Waals surface area contributed by atoms with E-state index >= 15 is 0 Å². The van der Waals surface area contributed by atoms with Gasteiger partial charge < -0.3 is 10.5 Å². The molecular weight excluding hydrogens is 281 g/mol. The Hall–Kier alpha value is -0.430. The highest BCUT2D eigenvalue weighted by molar-refractivity contribution is 14.1. The van der Waals surface area contributed by atoms with Crippen molar-refractivity contribution < 1.29 is 4.74 Å². The molecule has 0 fully saturated rings. The second-order valence-corrected chi connectivity index (χ2v) is 4.71. The molecule has 0 aliphatic rings. The lowest BCUT2D eigenvalue weighted by Crippen LogP contribution is -2.38. The first-order chi connectivity index (χ1) is 5.97. The Morgan fingerprint density at radius 3 is 2.46 bits per heavy atom. The summed E-state index contributed by atoms with van der Waals surface area (Å²) in [6.07, 6.45) is 3.40. The SMILES string of the molecule is CC(C)(N)COc1ncc(I)cn1. The van der Waals surface area contributed by atoms with Crippen molar-refractivity contribution in [3.05, 3.63) is 16.0 Å². The minimum atomic E-state index is -0.355. The zero-order valence-corrected chi connectivity index (χ0v) is 9.78. The highest BCUT2D eigenvalue weighted by atomic mass is 127. The Bertz CT molecular complexity index is 268. The van der Waals surface area contributed by atoms with Crippen molar-refractivity contribution in [1.29, 1.82) is 0 Å². The van der Waals surface area contributed by atoms with Crippen LogP contribution in [0.15, 0.2) is 12.4 Å². The van der Waals surface area contributed by atoms with Gasteiger partial charge in [0.25, 0.3) is 0 Å². The number of hydrogen-bond donors (Lipinski definition) is 1. The van der Waals surface area contributed by atoms with Crippen molar-refractivity contribution in [2.45, 2.75) is 19.4 Å². The van der Waals surface area contributed by atoms with E-state index < -0.39 is 0 Å². The third-order valence-corrected chi connectivity index (χ3v) is 1.73. The van der Waals surface area contributed by atoms with Gasteiger partial charge in [0, 0.05) is 21.5 Å². The number of ether oxygens (including phenoxy) is 1. The predicted octanol–water partition coefficient (Wildman–Crippen LogP) is 1.20. The molecule has 0 saturated carbocycles. The first-order valence-corrected chi connectivity index (χ1v) is 4.94. The van der Waals surface area contributed by atoms with Crippen LogP contribution in [0.25, 0.3) is 0 Å². The Kier molecular flexibility index (Phi) is 3.43. The maximum atomic E-state index is 5.73. The second kappa shape index (κ2) is 4.19. The second-order valence-electron chi connectivity index (χ2n) is 3.46. The van der Waals surface area contributed by atoms with Crippen molar-refractivity contribution in [3.8, 4) is 6.01 Å². The van der Waals surface area contributed by atoms with Gasteiger partial charge in [0.2, 0.25) is 0 Å². The predicted molar refractivity (Wildman–Crippen MR) is 58.5 cm³/mol. The quantitative estimate of drug-likeness (QED) is 0.851. The molecule has 2 N–H and O–H groups in total. The first-order valence-electron chi connectivity index (χ1n) is 3.86. The number of hydrogen-bond acceptors (Lipinski definition) is 4. The number of nitrogens with two attached hydrogens (primary N) is 1. The minimum absolute atomic E-state index is 0.355. The summed E-state index contributed by atoms with van der Waals surface area (Å²) in [6, 6.07) is 0.374. The van der Waals surface area contributed by atoms with Gasteiger partial charge in [-0.05, 0) is 36.4 Å². The summed E-state index contributed by atoms with van der Waals surface area (Å²) in [5, 5.41) is 0. The zero-order valence-electron chi connectivity index (χ0n) is 7.62. The summed E-state index contributed by atoms with van der Waals surface area (Å²) < 4.78 is 6.26. The van der Waals surface area contributed by atoms with Crippen LogP contribution in [-0.2, 0) is 0 Å². The molecule has 0 amide bonds. The Labute approximate surface area is 91.0 Å². The lowest BCUT2D eigenvalue weighted by molar-refractivity contribution is 0.226. The summed E-state index contributed by atoms with van der Waals surface area (Å²) in [5.41, 5.74) is 5.38.